The third-order valence-corrected chi connectivity index (χ3v) is 2.92. The van der Waals surface area contributed by atoms with E-state index in [0.717, 1.165) is 11.6 Å². The molecule has 21 heavy (non-hydrogen) atoms. The summed E-state index contributed by atoms with van der Waals surface area (Å²) in [6.45, 7) is 1.67. The Kier molecular flexibility index (Phi) is 4.33. The smallest absolute Gasteiger partial charge is 0.251 e. The average Bonchev–Trinajstić information content (AvgIpc) is 2.44. The van der Waals surface area contributed by atoms with Crippen LogP contribution in [0.1, 0.15) is 26.3 Å². The normalized spacial score (nSPS) is 10.2. The Hall–Kier alpha value is -2.69. The first kappa shape index (κ1) is 14.7. The first-order valence-corrected chi connectivity index (χ1v) is 6.29. The summed E-state index contributed by atoms with van der Waals surface area (Å²) in [5.41, 5.74) is 6.29. The van der Waals surface area contributed by atoms with Gasteiger partial charge >= 0.3 is 0 Å². The highest BCUT2D eigenvalue weighted by Gasteiger charge is 2.11. The molecule has 0 bridgehead atoms. The van der Waals surface area contributed by atoms with E-state index in [4.69, 9.17) is 10.5 Å². The number of ketones is 1. The molecule has 2 rings (SSSR count). The zero-order valence-electron chi connectivity index (χ0n) is 11.4. The number of amides is 1. The largest absolute Gasteiger partial charge is 0.485 e. The van der Waals surface area contributed by atoms with Gasteiger partial charge in [0.15, 0.2) is 12.4 Å². The van der Waals surface area contributed by atoms with E-state index in [-0.39, 0.29) is 23.7 Å². The molecule has 4 nitrogen and oxygen atoms in total. The van der Waals surface area contributed by atoms with E-state index in [0.29, 0.717) is 5.56 Å². The maximum atomic E-state index is 13.5. The molecule has 108 valence electrons. The molecule has 2 N–H and O–H groups in total. The van der Waals surface area contributed by atoms with Gasteiger partial charge in [-0.1, -0.05) is 23.8 Å². The molecular weight excluding hydrogens is 273 g/mol. The lowest BCUT2D eigenvalue weighted by atomic mass is 10.1. The van der Waals surface area contributed by atoms with Crippen LogP contribution in [0.2, 0.25) is 0 Å². The van der Waals surface area contributed by atoms with Gasteiger partial charge in [0.2, 0.25) is 0 Å². The summed E-state index contributed by atoms with van der Waals surface area (Å²) in [4.78, 5) is 22.8. The van der Waals surface area contributed by atoms with Gasteiger partial charge in [-0.25, -0.2) is 4.39 Å². The van der Waals surface area contributed by atoms with Gasteiger partial charge in [0.25, 0.3) is 5.91 Å². The molecular formula is C16H14FNO3. The van der Waals surface area contributed by atoms with Gasteiger partial charge < -0.3 is 10.5 Å². The van der Waals surface area contributed by atoms with E-state index in [2.05, 4.69) is 0 Å². The first-order chi connectivity index (χ1) is 9.97. The molecule has 0 heterocycles. The van der Waals surface area contributed by atoms with E-state index in [9.17, 15) is 14.0 Å². The third kappa shape index (κ3) is 3.66. The van der Waals surface area contributed by atoms with Crippen LogP contribution in [0.15, 0.2) is 42.5 Å². The summed E-state index contributed by atoms with van der Waals surface area (Å²) >= 11 is 0. The molecule has 0 spiro atoms. The van der Waals surface area contributed by atoms with E-state index in [1.165, 1.54) is 12.1 Å². The van der Waals surface area contributed by atoms with Crippen LogP contribution in [0.25, 0.3) is 0 Å². The van der Waals surface area contributed by atoms with Gasteiger partial charge in [-0.3, -0.25) is 9.59 Å². The molecule has 0 aliphatic carbocycles. The summed E-state index contributed by atoms with van der Waals surface area (Å²) in [7, 11) is 0. The minimum Gasteiger partial charge on any atom is -0.485 e. The SMILES string of the molecule is Cc1cccc(C(=O)COc2ccc(C(N)=O)c(F)c2)c1. The van der Waals surface area contributed by atoms with Crippen LogP contribution >= 0.6 is 0 Å². The highest BCUT2D eigenvalue weighted by Crippen LogP contribution is 2.17. The quantitative estimate of drug-likeness (QED) is 0.859. The highest BCUT2D eigenvalue weighted by molar-refractivity contribution is 5.97. The average molecular weight is 287 g/mol. The molecule has 0 aliphatic heterocycles. The molecule has 2 aromatic rings. The van der Waals surface area contributed by atoms with Gasteiger partial charge in [-0.2, -0.15) is 0 Å². The van der Waals surface area contributed by atoms with Gasteiger partial charge in [-0.15, -0.1) is 0 Å². The number of rotatable bonds is 5. The third-order valence-electron chi connectivity index (χ3n) is 2.92. The number of hydrogen-bond acceptors (Lipinski definition) is 3. The fraction of sp³-hybridized carbons (Fsp3) is 0.125. The summed E-state index contributed by atoms with van der Waals surface area (Å²) < 4.78 is 18.8. The van der Waals surface area contributed by atoms with Crippen molar-refractivity contribution in [2.75, 3.05) is 6.61 Å². The van der Waals surface area contributed by atoms with Crippen molar-refractivity contribution in [3.8, 4) is 5.75 Å². The van der Waals surface area contributed by atoms with Crippen molar-refractivity contribution in [1.29, 1.82) is 0 Å². The lowest BCUT2D eigenvalue weighted by Crippen LogP contribution is -2.14. The van der Waals surface area contributed by atoms with Crippen molar-refractivity contribution in [2.24, 2.45) is 5.73 Å². The predicted molar refractivity (Wildman–Crippen MR) is 75.9 cm³/mol. The van der Waals surface area contributed by atoms with E-state index in [1.807, 2.05) is 13.0 Å². The predicted octanol–water partition coefficient (Wildman–Crippen LogP) is 2.49. The van der Waals surface area contributed by atoms with Crippen LogP contribution in [-0.2, 0) is 0 Å². The number of carbonyl (C=O) groups excluding carboxylic acids is 2. The Balaban J connectivity index is 2.05. The number of nitrogens with two attached hydrogens (primary N) is 1. The van der Waals surface area contributed by atoms with Crippen molar-refractivity contribution in [3.05, 3.63) is 65.0 Å². The van der Waals surface area contributed by atoms with Crippen molar-refractivity contribution < 1.29 is 18.7 Å². The monoisotopic (exact) mass is 287 g/mol. The number of Topliss-reactive ketones (excluding diaryl/α,β-unsaturated/α-hetero) is 1. The maximum Gasteiger partial charge on any atom is 0.251 e. The molecule has 1 amide bonds. The molecule has 5 heteroatoms. The highest BCUT2D eigenvalue weighted by atomic mass is 19.1. The van der Waals surface area contributed by atoms with Crippen molar-refractivity contribution in [1.82, 2.24) is 0 Å². The Morgan fingerprint density at radius 3 is 2.57 bits per heavy atom. The van der Waals surface area contributed by atoms with E-state index in [1.54, 1.807) is 18.2 Å². The molecule has 0 aliphatic rings. The number of primary amides is 1. The Bertz CT molecular complexity index is 698. The fourth-order valence-electron chi connectivity index (χ4n) is 1.84. The van der Waals surface area contributed by atoms with Gasteiger partial charge in [0.05, 0.1) is 5.56 Å². The second-order valence-electron chi connectivity index (χ2n) is 4.59. The molecule has 2 aromatic carbocycles. The van der Waals surface area contributed by atoms with Crippen molar-refractivity contribution >= 4 is 11.7 Å². The summed E-state index contributed by atoms with van der Waals surface area (Å²) in [5.74, 6) is -1.67. The number of ether oxygens (including phenoxy) is 1. The van der Waals surface area contributed by atoms with Gasteiger partial charge in [0.1, 0.15) is 11.6 Å². The van der Waals surface area contributed by atoms with Gasteiger partial charge in [0, 0.05) is 11.6 Å². The molecule has 0 aromatic heterocycles. The van der Waals surface area contributed by atoms with Crippen LogP contribution in [0, 0.1) is 12.7 Å². The number of halogens is 1. The van der Waals surface area contributed by atoms with Crippen LogP contribution in [0.3, 0.4) is 0 Å². The Labute approximate surface area is 121 Å². The second kappa shape index (κ2) is 6.17. The number of hydrogen-bond donors (Lipinski definition) is 1. The van der Waals surface area contributed by atoms with Crippen molar-refractivity contribution in [3.63, 3.8) is 0 Å². The zero-order chi connectivity index (χ0) is 15.4. The standard InChI is InChI=1S/C16H14FNO3/c1-10-3-2-4-11(7-10)15(19)9-21-12-5-6-13(16(18)20)14(17)8-12/h2-8H,9H2,1H3,(H2,18,20). The molecule has 0 atom stereocenters. The van der Waals surface area contributed by atoms with Crippen LogP contribution < -0.4 is 10.5 Å². The Morgan fingerprint density at radius 1 is 1.19 bits per heavy atom. The van der Waals surface area contributed by atoms with E-state index < -0.39 is 11.7 Å². The minimum absolute atomic E-state index is 0.165. The number of aryl methyl sites for hydroxylation is 1. The maximum absolute atomic E-state index is 13.5. The van der Waals surface area contributed by atoms with Crippen LogP contribution in [0.5, 0.6) is 5.75 Å². The fourth-order valence-corrected chi connectivity index (χ4v) is 1.84. The zero-order valence-corrected chi connectivity index (χ0v) is 11.4. The number of benzene rings is 2. The topological polar surface area (TPSA) is 69.4 Å². The van der Waals surface area contributed by atoms with Crippen LogP contribution in [-0.4, -0.2) is 18.3 Å². The lowest BCUT2D eigenvalue weighted by molar-refractivity contribution is 0.0919. The summed E-state index contributed by atoms with van der Waals surface area (Å²) in [6.07, 6.45) is 0. The molecule has 0 radical (unpaired) electrons. The minimum atomic E-state index is -0.852. The molecule has 0 saturated carbocycles. The lowest BCUT2D eigenvalue weighted by Gasteiger charge is -2.07. The number of carbonyl (C=O) groups is 2. The van der Waals surface area contributed by atoms with Gasteiger partial charge in [-0.05, 0) is 25.1 Å². The van der Waals surface area contributed by atoms with E-state index >= 15 is 0 Å². The first-order valence-electron chi connectivity index (χ1n) is 6.29. The summed E-state index contributed by atoms with van der Waals surface area (Å²) in [6, 6.07) is 10.8. The van der Waals surface area contributed by atoms with Crippen LogP contribution in [0.4, 0.5) is 4.39 Å². The molecule has 0 unspecified atom stereocenters. The molecule has 0 saturated heterocycles. The van der Waals surface area contributed by atoms with Crippen molar-refractivity contribution in [2.45, 2.75) is 6.92 Å². The summed E-state index contributed by atoms with van der Waals surface area (Å²) in [5, 5.41) is 0. The second-order valence-corrected chi connectivity index (χ2v) is 4.59. The Morgan fingerprint density at radius 2 is 1.95 bits per heavy atom. The molecule has 0 fully saturated rings.